The van der Waals surface area contributed by atoms with E-state index >= 15 is 0 Å². The van der Waals surface area contributed by atoms with Crippen LogP contribution in [-0.4, -0.2) is 21.7 Å². The molecule has 2 amide bonds. The van der Waals surface area contributed by atoms with Crippen LogP contribution < -0.4 is 5.73 Å². The molecule has 4 nitrogen and oxygen atoms in total. The number of nitrogens with two attached hydrogens (primary N) is 1. The highest BCUT2D eigenvalue weighted by Gasteiger charge is 2.21. The summed E-state index contributed by atoms with van der Waals surface area (Å²) in [6.45, 7) is 1.17. The van der Waals surface area contributed by atoms with Crippen LogP contribution in [0.25, 0.3) is 0 Å². The number of primary amides is 1. The average molecular weight is 185 g/mol. The van der Waals surface area contributed by atoms with E-state index in [0.717, 1.165) is 0 Å². The Kier molecular flexibility index (Phi) is 3.46. The minimum absolute atomic E-state index is 0.527. The molecule has 0 saturated heterocycles. The minimum atomic E-state index is -1.28. The monoisotopic (exact) mass is 184 g/mol. The molecule has 0 heterocycles. The predicted molar refractivity (Wildman–Crippen MR) is 37.2 cm³/mol. The molecule has 0 aromatic carbocycles. The summed E-state index contributed by atoms with van der Waals surface area (Å²) in [5.41, 5.74) is 3.45. The van der Waals surface area contributed by atoms with Crippen LogP contribution >= 0.6 is 23.4 Å². The predicted octanol–water partition coefficient (Wildman–Crippen LogP) is 0.0389. The van der Waals surface area contributed by atoms with Crippen LogP contribution in [0.1, 0.15) is 6.92 Å². The number of alkyl halides is 1. The Balaban J connectivity index is 4.07. The summed E-state index contributed by atoms with van der Waals surface area (Å²) in [5.74, 6) is -1.38. The number of rotatable bonds is 2. The first-order chi connectivity index (χ1) is 4.46. The summed E-state index contributed by atoms with van der Waals surface area (Å²) in [4.78, 5) is 20.6. The maximum absolute atomic E-state index is 10.4. The number of nitrogens with zero attached hydrogens (tertiary/aromatic N) is 1. The second kappa shape index (κ2) is 3.63. The Morgan fingerprint density at radius 2 is 2.00 bits per heavy atom. The van der Waals surface area contributed by atoms with E-state index in [1.54, 1.807) is 0 Å². The van der Waals surface area contributed by atoms with Crippen molar-refractivity contribution < 1.29 is 9.59 Å². The Hall–Kier alpha value is -0.480. The summed E-state index contributed by atoms with van der Waals surface area (Å²) in [5, 5.41) is 0. The number of hydrogen-bond acceptors (Lipinski definition) is 2. The van der Waals surface area contributed by atoms with Gasteiger partial charge in [-0.2, -0.15) is 0 Å². The van der Waals surface area contributed by atoms with Crippen molar-refractivity contribution in [2.45, 2.75) is 12.4 Å². The zero-order valence-electron chi connectivity index (χ0n) is 5.17. The van der Waals surface area contributed by atoms with Crippen LogP contribution in [0.15, 0.2) is 0 Å². The summed E-state index contributed by atoms with van der Waals surface area (Å²) in [6.07, 6.45) is 0. The molecule has 0 aliphatic carbocycles. The maximum atomic E-state index is 10.4. The third-order valence-corrected chi connectivity index (χ3v) is 1.68. The van der Waals surface area contributed by atoms with E-state index in [1.165, 1.54) is 6.92 Å². The summed E-state index contributed by atoms with van der Waals surface area (Å²) >= 11 is 10.5. The molecule has 1 unspecified atom stereocenters. The van der Waals surface area contributed by atoms with Gasteiger partial charge in [-0.15, -0.1) is 0 Å². The first kappa shape index (κ1) is 9.52. The zero-order valence-corrected chi connectivity index (χ0v) is 6.69. The number of hydrogen-bond donors (Lipinski definition) is 1. The molecular weight excluding hydrogens is 179 g/mol. The van der Waals surface area contributed by atoms with Gasteiger partial charge in [-0.1, -0.05) is 11.6 Å². The average Bonchev–Trinajstić information content (AvgIpc) is 1.84. The lowest BCUT2D eigenvalue weighted by atomic mass is 10.5. The van der Waals surface area contributed by atoms with Gasteiger partial charge in [0, 0.05) is 18.7 Å². The Bertz CT molecular complexity index is 143. The number of halogens is 2. The van der Waals surface area contributed by atoms with Gasteiger partial charge in [0.15, 0.2) is 5.50 Å². The van der Waals surface area contributed by atoms with Gasteiger partial charge in [0.1, 0.15) is 0 Å². The van der Waals surface area contributed by atoms with Crippen LogP contribution in [0.3, 0.4) is 0 Å². The van der Waals surface area contributed by atoms with Crippen molar-refractivity contribution in [1.82, 2.24) is 4.42 Å². The lowest BCUT2D eigenvalue weighted by Crippen LogP contribution is -2.37. The number of amides is 2. The summed E-state index contributed by atoms with van der Waals surface area (Å²) < 4.78 is 0.532. The fourth-order valence-corrected chi connectivity index (χ4v) is 0.505. The summed E-state index contributed by atoms with van der Waals surface area (Å²) in [7, 11) is 0. The van der Waals surface area contributed by atoms with Crippen LogP contribution in [0, 0.1) is 0 Å². The van der Waals surface area contributed by atoms with E-state index in [-0.39, 0.29) is 0 Å². The lowest BCUT2D eigenvalue weighted by Gasteiger charge is -2.13. The third-order valence-electron chi connectivity index (χ3n) is 0.735. The smallest absolute Gasteiger partial charge is 0.257 e. The lowest BCUT2D eigenvalue weighted by molar-refractivity contribution is -0.129. The molecule has 0 aromatic rings. The molecule has 0 fully saturated rings. The van der Waals surface area contributed by atoms with Crippen LogP contribution in [-0.2, 0) is 9.59 Å². The van der Waals surface area contributed by atoms with Crippen molar-refractivity contribution in [3.8, 4) is 0 Å². The van der Waals surface area contributed by atoms with Crippen molar-refractivity contribution in [2.24, 2.45) is 5.73 Å². The highest BCUT2D eigenvalue weighted by atomic mass is 35.5. The molecule has 0 aliphatic rings. The van der Waals surface area contributed by atoms with Crippen LogP contribution in [0.4, 0.5) is 0 Å². The molecule has 0 aromatic heterocycles. The standard InChI is InChI=1S/C4H6Cl2N2O2/c1-2(9)8(6)3(5)4(7)10/h3H,1H3,(H2,7,10). The largest absolute Gasteiger partial charge is 0.367 e. The van der Waals surface area contributed by atoms with Gasteiger partial charge in [-0.05, 0) is 0 Å². The van der Waals surface area contributed by atoms with Crippen LogP contribution in [0.5, 0.6) is 0 Å². The van der Waals surface area contributed by atoms with Gasteiger partial charge in [0.05, 0.1) is 0 Å². The first-order valence-corrected chi connectivity index (χ1v) is 3.13. The van der Waals surface area contributed by atoms with E-state index in [2.05, 4.69) is 0 Å². The molecule has 10 heavy (non-hydrogen) atoms. The van der Waals surface area contributed by atoms with Crippen molar-refractivity contribution in [1.29, 1.82) is 0 Å². The Morgan fingerprint density at radius 3 is 2.10 bits per heavy atom. The third kappa shape index (κ3) is 2.41. The van der Waals surface area contributed by atoms with E-state index in [0.29, 0.717) is 4.42 Å². The minimum Gasteiger partial charge on any atom is -0.367 e. The normalized spacial score (nSPS) is 12.3. The van der Waals surface area contributed by atoms with Crippen molar-refractivity contribution in [2.75, 3.05) is 0 Å². The highest BCUT2D eigenvalue weighted by Crippen LogP contribution is 2.07. The van der Waals surface area contributed by atoms with E-state index < -0.39 is 17.3 Å². The van der Waals surface area contributed by atoms with Crippen molar-refractivity contribution in [3.63, 3.8) is 0 Å². The first-order valence-electron chi connectivity index (χ1n) is 2.35. The van der Waals surface area contributed by atoms with E-state index in [9.17, 15) is 9.59 Å². The molecule has 0 radical (unpaired) electrons. The van der Waals surface area contributed by atoms with Crippen molar-refractivity contribution in [3.05, 3.63) is 0 Å². The maximum Gasteiger partial charge on any atom is 0.257 e. The van der Waals surface area contributed by atoms with Gasteiger partial charge >= 0.3 is 0 Å². The zero-order chi connectivity index (χ0) is 8.31. The van der Waals surface area contributed by atoms with E-state index in [1.807, 2.05) is 0 Å². The van der Waals surface area contributed by atoms with Gasteiger partial charge in [-0.25, -0.2) is 4.42 Å². The molecular formula is C4H6Cl2N2O2. The molecule has 1 atom stereocenters. The van der Waals surface area contributed by atoms with Crippen molar-refractivity contribution >= 4 is 35.2 Å². The van der Waals surface area contributed by atoms with Gasteiger partial charge in [0.25, 0.3) is 5.91 Å². The second-order valence-electron chi connectivity index (χ2n) is 1.57. The quantitative estimate of drug-likeness (QED) is 0.375. The second-order valence-corrected chi connectivity index (χ2v) is 2.35. The molecule has 0 saturated carbocycles. The van der Waals surface area contributed by atoms with Gasteiger partial charge < -0.3 is 5.73 Å². The highest BCUT2D eigenvalue weighted by molar-refractivity contribution is 6.36. The summed E-state index contributed by atoms with van der Waals surface area (Å²) in [6, 6.07) is 0. The molecule has 58 valence electrons. The molecule has 0 rings (SSSR count). The molecule has 0 aliphatic heterocycles. The topological polar surface area (TPSA) is 63.4 Å². The number of carbonyl (C=O) groups is 2. The van der Waals surface area contributed by atoms with Gasteiger partial charge in [-0.3, -0.25) is 9.59 Å². The Labute approximate surface area is 68.0 Å². The molecule has 2 N–H and O–H groups in total. The van der Waals surface area contributed by atoms with Crippen LogP contribution in [0.2, 0.25) is 0 Å². The molecule has 0 bridgehead atoms. The van der Waals surface area contributed by atoms with E-state index in [4.69, 9.17) is 29.1 Å². The molecule has 0 spiro atoms. The fourth-order valence-electron chi connectivity index (χ4n) is 0.271. The number of carbonyl (C=O) groups excluding carboxylic acids is 2. The SMILES string of the molecule is CC(=O)N(Cl)C(Cl)C(N)=O. The van der Waals surface area contributed by atoms with Gasteiger partial charge in [0.2, 0.25) is 5.91 Å². The Morgan fingerprint density at radius 1 is 1.60 bits per heavy atom. The molecule has 6 heteroatoms. The fraction of sp³-hybridized carbons (Fsp3) is 0.500.